The number of esters is 1. The molecule has 0 bridgehead atoms. The number of carbonyl (C=O) groups is 2. The van der Waals surface area contributed by atoms with Crippen LogP contribution in [0.5, 0.6) is 11.5 Å². The Hall–Kier alpha value is -2.79. The Bertz CT molecular complexity index is 796. The van der Waals surface area contributed by atoms with Crippen molar-refractivity contribution >= 4 is 29.4 Å². The lowest BCUT2D eigenvalue weighted by Gasteiger charge is -2.06. The Morgan fingerprint density at radius 1 is 1.12 bits per heavy atom. The molecule has 0 aliphatic rings. The summed E-state index contributed by atoms with van der Waals surface area (Å²) in [5, 5.41) is 0.320. The van der Waals surface area contributed by atoms with Gasteiger partial charge in [0.05, 0.1) is 18.7 Å². The first-order chi connectivity index (χ1) is 12.5. The van der Waals surface area contributed by atoms with Gasteiger partial charge in [-0.05, 0) is 48.9 Å². The SMILES string of the molecule is CCOc1ccc(/C=C/C(=O)OCC(=O)c2ccc(OC)c(Cl)c2)cc1. The Balaban J connectivity index is 1.87. The second-order valence-corrected chi connectivity index (χ2v) is 5.62. The predicted molar refractivity (Wildman–Crippen MR) is 99.9 cm³/mol. The third kappa shape index (κ3) is 5.63. The number of rotatable bonds is 8. The number of benzene rings is 2. The molecule has 2 aromatic carbocycles. The van der Waals surface area contributed by atoms with Gasteiger partial charge in [-0.3, -0.25) is 4.79 Å². The van der Waals surface area contributed by atoms with Gasteiger partial charge in [0, 0.05) is 11.6 Å². The van der Waals surface area contributed by atoms with Gasteiger partial charge in [0.1, 0.15) is 11.5 Å². The van der Waals surface area contributed by atoms with Crippen LogP contribution in [0.2, 0.25) is 5.02 Å². The highest BCUT2D eigenvalue weighted by Crippen LogP contribution is 2.25. The monoisotopic (exact) mass is 374 g/mol. The largest absolute Gasteiger partial charge is 0.495 e. The van der Waals surface area contributed by atoms with Crippen LogP contribution in [0.3, 0.4) is 0 Å². The van der Waals surface area contributed by atoms with Crippen molar-refractivity contribution in [1.29, 1.82) is 0 Å². The van der Waals surface area contributed by atoms with Gasteiger partial charge in [-0.15, -0.1) is 0 Å². The molecule has 5 nitrogen and oxygen atoms in total. The first-order valence-electron chi connectivity index (χ1n) is 7.98. The lowest BCUT2D eigenvalue weighted by Crippen LogP contribution is -2.12. The Morgan fingerprint density at radius 3 is 2.46 bits per heavy atom. The van der Waals surface area contributed by atoms with Crippen LogP contribution in [-0.2, 0) is 9.53 Å². The maximum Gasteiger partial charge on any atom is 0.331 e. The Kier molecular flexibility index (Phi) is 7.24. The van der Waals surface area contributed by atoms with E-state index in [0.29, 0.717) is 22.9 Å². The molecule has 0 unspecified atom stereocenters. The van der Waals surface area contributed by atoms with Crippen molar-refractivity contribution < 1.29 is 23.8 Å². The van der Waals surface area contributed by atoms with Gasteiger partial charge < -0.3 is 14.2 Å². The Labute approximate surface area is 157 Å². The van der Waals surface area contributed by atoms with Gasteiger partial charge in [-0.25, -0.2) is 4.79 Å². The van der Waals surface area contributed by atoms with E-state index in [0.717, 1.165) is 11.3 Å². The van der Waals surface area contributed by atoms with Crippen molar-refractivity contribution in [1.82, 2.24) is 0 Å². The summed E-state index contributed by atoms with van der Waals surface area (Å²) in [5.41, 5.74) is 1.16. The molecule has 0 aliphatic heterocycles. The van der Waals surface area contributed by atoms with E-state index in [1.807, 2.05) is 31.2 Å². The molecule has 2 aromatic rings. The van der Waals surface area contributed by atoms with Crippen molar-refractivity contribution in [3.05, 3.63) is 64.7 Å². The summed E-state index contributed by atoms with van der Waals surface area (Å²) >= 11 is 5.98. The molecule has 0 spiro atoms. The molecular weight excluding hydrogens is 356 g/mol. The van der Waals surface area contributed by atoms with E-state index in [4.69, 9.17) is 25.8 Å². The fraction of sp³-hybridized carbons (Fsp3) is 0.200. The molecule has 0 saturated heterocycles. The molecule has 0 N–H and O–H groups in total. The lowest BCUT2D eigenvalue weighted by atomic mass is 10.1. The number of ether oxygens (including phenoxy) is 3. The summed E-state index contributed by atoms with van der Waals surface area (Å²) in [7, 11) is 1.49. The highest BCUT2D eigenvalue weighted by Gasteiger charge is 2.11. The zero-order valence-corrected chi connectivity index (χ0v) is 15.3. The molecule has 136 valence electrons. The van der Waals surface area contributed by atoms with E-state index < -0.39 is 5.97 Å². The molecule has 0 heterocycles. The number of halogens is 1. The third-order valence-corrected chi connectivity index (χ3v) is 3.72. The molecule has 6 heteroatoms. The van der Waals surface area contributed by atoms with Crippen LogP contribution in [0.15, 0.2) is 48.5 Å². The van der Waals surface area contributed by atoms with E-state index >= 15 is 0 Å². The van der Waals surface area contributed by atoms with Gasteiger partial charge in [-0.2, -0.15) is 0 Å². The molecule has 0 aliphatic carbocycles. The van der Waals surface area contributed by atoms with Gasteiger partial charge in [0.15, 0.2) is 12.4 Å². The van der Waals surface area contributed by atoms with Crippen LogP contribution >= 0.6 is 11.6 Å². The van der Waals surface area contributed by atoms with Gasteiger partial charge in [-0.1, -0.05) is 23.7 Å². The van der Waals surface area contributed by atoms with Crippen LogP contribution in [0, 0.1) is 0 Å². The van der Waals surface area contributed by atoms with E-state index in [1.165, 1.54) is 19.3 Å². The van der Waals surface area contributed by atoms with Crippen molar-refractivity contribution in [3.8, 4) is 11.5 Å². The molecule has 0 aromatic heterocycles. The minimum Gasteiger partial charge on any atom is -0.495 e. The summed E-state index contributed by atoms with van der Waals surface area (Å²) < 4.78 is 15.3. The highest BCUT2D eigenvalue weighted by molar-refractivity contribution is 6.32. The summed E-state index contributed by atoms with van der Waals surface area (Å²) in [6.07, 6.45) is 2.87. The lowest BCUT2D eigenvalue weighted by molar-refractivity contribution is -0.136. The molecule has 0 saturated carbocycles. The van der Waals surface area contributed by atoms with E-state index in [2.05, 4.69) is 0 Å². The topological polar surface area (TPSA) is 61.8 Å². The summed E-state index contributed by atoms with van der Waals surface area (Å²) in [6.45, 7) is 2.13. The molecule has 2 rings (SSSR count). The molecule has 26 heavy (non-hydrogen) atoms. The van der Waals surface area contributed by atoms with Crippen LogP contribution in [0.4, 0.5) is 0 Å². The Morgan fingerprint density at radius 2 is 1.85 bits per heavy atom. The summed E-state index contributed by atoms with van der Waals surface area (Å²) in [6, 6.07) is 11.9. The molecule has 0 fully saturated rings. The zero-order chi connectivity index (χ0) is 18.9. The number of ketones is 1. The average molecular weight is 375 g/mol. The first kappa shape index (κ1) is 19.5. The molecule has 0 radical (unpaired) electrons. The molecule has 0 amide bonds. The second-order valence-electron chi connectivity index (χ2n) is 5.22. The van der Waals surface area contributed by atoms with Crippen LogP contribution in [-0.4, -0.2) is 32.1 Å². The summed E-state index contributed by atoms with van der Waals surface area (Å²) in [4.78, 5) is 23.8. The first-order valence-corrected chi connectivity index (χ1v) is 8.35. The number of Topliss-reactive ketones (excluding diaryl/α,β-unsaturated/α-hetero) is 1. The van der Waals surface area contributed by atoms with E-state index in [9.17, 15) is 9.59 Å². The van der Waals surface area contributed by atoms with Crippen LogP contribution in [0.25, 0.3) is 6.08 Å². The minimum atomic E-state index is -0.605. The van der Waals surface area contributed by atoms with Crippen LogP contribution < -0.4 is 9.47 Å². The van der Waals surface area contributed by atoms with Crippen molar-refractivity contribution in [3.63, 3.8) is 0 Å². The number of carbonyl (C=O) groups excluding carboxylic acids is 2. The average Bonchev–Trinajstić information content (AvgIpc) is 2.65. The normalized spacial score (nSPS) is 10.6. The van der Waals surface area contributed by atoms with Crippen molar-refractivity contribution in [2.45, 2.75) is 6.92 Å². The van der Waals surface area contributed by atoms with Crippen molar-refractivity contribution in [2.24, 2.45) is 0 Å². The second kappa shape index (κ2) is 9.63. The fourth-order valence-electron chi connectivity index (χ4n) is 2.11. The molecule has 0 atom stereocenters. The van der Waals surface area contributed by atoms with Crippen LogP contribution in [0.1, 0.15) is 22.8 Å². The fourth-order valence-corrected chi connectivity index (χ4v) is 2.37. The third-order valence-electron chi connectivity index (χ3n) is 3.42. The quantitative estimate of drug-likeness (QED) is 0.394. The standard InChI is InChI=1S/C20H19ClO5/c1-3-25-16-8-4-14(5-9-16)6-11-20(23)26-13-18(22)15-7-10-19(24-2)17(21)12-15/h4-12H,3,13H2,1-2H3/b11-6+. The van der Waals surface area contributed by atoms with Gasteiger partial charge >= 0.3 is 5.97 Å². The maximum atomic E-state index is 12.1. The van der Waals surface area contributed by atoms with E-state index in [-0.39, 0.29) is 12.4 Å². The van der Waals surface area contributed by atoms with Crippen molar-refractivity contribution in [2.75, 3.05) is 20.3 Å². The smallest absolute Gasteiger partial charge is 0.331 e. The molecular formula is C20H19ClO5. The minimum absolute atomic E-state index is 0.320. The maximum absolute atomic E-state index is 12.1. The predicted octanol–water partition coefficient (Wildman–Crippen LogP) is 4.19. The zero-order valence-electron chi connectivity index (χ0n) is 14.5. The summed E-state index contributed by atoms with van der Waals surface area (Å²) in [5.74, 6) is 0.277. The highest BCUT2D eigenvalue weighted by atomic mass is 35.5. The van der Waals surface area contributed by atoms with Gasteiger partial charge in [0.25, 0.3) is 0 Å². The van der Waals surface area contributed by atoms with E-state index in [1.54, 1.807) is 18.2 Å². The number of methoxy groups -OCH3 is 1. The number of hydrogen-bond donors (Lipinski definition) is 0. The van der Waals surface area contributed by atoms with Gasteiger partial charge in [0.2, 0.25) is 0 Å². The number of hydrogen-bond acceptors (Lipinski definition) is 5.